The van der Waals surface area contributed by atoms with Crippen LogP contribution in [0.1, 0.15) is 20.8 Å². The number of allylic oxidation sites excluding steroid dienone is 4. The number of ketones is 1. The largest absolute Gasteiger partial charge is 0.468 e. The molecular formula is C15H20N2O2. The molecule has 0 saturated heterocycles. The molecule has 0 bridgehead atoms. The topological polar surface area (TPSA) is 50.7 Å². The quantitative estimate of drug-likeness (QED) is 0.790. The van der Waals surface area contributed by atoms with Gasteiger partial charge in [0, 0.05) is 11.3 Å². The van der Waals surface area contributed by atoms with Crippen LogP contribution in [0.2, 0.25) is 0 Å². The normalized spacial score (nSPS) is 20.1. The number of amidine groups is 1. The Balaban J connectivity index is 3.27. The van der Waals surface area contributed by atoms with Crippen LogP contribution in [0.15, 0.2) is 52.7 Å². The maximum atomic E-state index is 11.8. The molecule has 0 aromatic rings. The lowest BCUT2D eigenvalue weighted by Gasteiger charge is -2.25. The van der Waals surface area contributed by atoms with Crippen LogP contribution in [-0.4, -0.2) is 25.0 Å². The molecule has 1 unspecified atom stereocenters. The Kier molecular flexibility index (Phi) is 5.30. The SMILES string of the molecule is C=C/C=C\C(=C/C)C1N=C(OC)NC(C)=C1C(C)=O. The molecule has 1 aliphatic rings. The molecule has 0 spiro atoms. The van der Waals surface area contributed by atoms with E-state index >= 15 is 0 Å². The molecule has 1 atom stereocenters. The van der Waals surface area contributed by atoms with E-state index in [9.17, 15) is 4.79 Å². The summed E-state index contributed by atoms with van der Waals surface area (Å²) in [4.78, 5) is 16.3. The third-order valence-electron chi connectivity index (χ3n) is 2.86. The van der Waals surface area contributed by atoms with Gasteiger partial charge in [0.25, 0.3) is 6.02 Å². The molecule has 0 aromatic heterocycles. The van der Waals surface area contributed by atoms with E-state index in [0.717, 1.165) is 11.3 Å². The Bertz CT molecular complexity index is 496. The Labute approximate surface area is 114 Å². The second kappa shape index (κ2) is 6.73. The molecule has 19 heavy (non-hydrogen) atoms. The second-order valence-electron chi connectivity index (χ2n) is 4.14. The second-order valence-corrected chi connectivity index (χ2v) is 4.14. The van der Waals surface area contributed by atoms with Gasteiger partial charge in [0.2, 0.25) is 0 Å². The number of nitrogens with one attached hydrogen (secondary N) is 1. The van der Waals surface area contributed by atoms with Gasteiger partial charge in [-0.1, -0.05) is 30.9 Å². The van der Waals surface area contributed by atoms with Crippen molar-refractivity contribution < 1.29 is 9.53 Å². The molecule has 1 heterocycles. The van der Waals surface area contributed by atoms with E-state index in [1.54, 1.807) is 20.1 Å². The van der Waals surface area contributed by atoms with E-state index in [4.69, 9.17) is 4.74 Å². The summed E-state index contributed by atoms with van der Waals surface area (Å²) in [6.07, 6.45) is 7.35. The maximum Gasteiger partial charge on any atom is 0.289 e. The first kappa shape index (κ1) is 15.0. The number of methoxy groups -OCH3 is 1. The van der Waals surface area contributed by atoms with Crippen molar-refractivity contribution >= 4 is 11.8 Å². The third-order valence-corrected chi connectivity index (χ3v) is 2.86. The molecule has 0 amide bonds. The Morgan fingerprint density at radius 1 is 1.53 bits per heavy atom. The minimum Gasteiger partial charge on any atom is -0.468 e. The number of aliphatic imine (C=N–C) groups is 1. The van der Waals surface area contributed by atoms with E-state index < -0.39 is 0 Å². The molecule has 0 aliphatic carbocycles. The van der Waals surface area contributed by atoms with Crippen molar-refractivity contribution in [2.75, 3.05) is 7.11 Å². The molecular weight excluding hydrogens is 240 g/mol. The maximum absolute atomic E-state index is 11.8. The Hall–Kier alpha value is -2.10. The minimum absolute atomic E-state index is 0.000237. The molecule has 102 valence electrons. The van der Waals surface area contributed by atoms with Crippen LogP contribution in [0, 0.1) is 0 Å². The first-order valence-corrected chi connectivity index (χ1v) is 6.11. The van der Waals surface area contributed by atoms with Crippen LogP contribution < -0.4 is 5.32 Å². The van der Waals surface area contributed by atoms with E-state index in [2.05, 4.69) is 16.9 Å². The zero-order valence-corrected chi connectivity index (χ0v) is 11.9. The van der Waals surface area contributed by atoms with Gasteiger partial charge < -0.3 is 10.1 Å². The zero-order chi connectivity index (χ0) is 14.4. The lowest BCUT2D eigenvalue weighted by atomic mass is 9.93. The van der Waals surface area contributed by atoms with Crippen molar-refractivity contribution in [1.29, 1.82) is 0 Å². The molecule has 1 rings (SSSR count). The predicted molar refractivity (Wildman–Crippen MR) is 77.8 cm³/mol. The summed E-state index contributed by atoms with van der Waals surface area (Å²) in [5.74, 6) is 0.000237. The highest BCUT2D eigenvalue weighted by Crippen LogP contribution is 2.24. The first-order valence-electron chi connectivity index (χ1n) is 6.11. The number of hydrogen-bond donors (Lipinski definition) is 1. The average Bonchev–Trinajstić information content (AvgIpc) is 2.38. The van der Waals surface area contributed by atoms with Gasteiger partial charge in [-0.2, -0.15) is 0 Å². The van der Waals surface area contributed by atoms with Gasteiger partial charge in [0.05, 0.1) is 7.11 Å². The van der Waals surface area contributed by atoms with Crippen molar-refractivity contribution in [3.63, 3.8) is 0 Å². The standard InChI is InChI=1S/C15H20N2O2/c1-6-8-9-12(7-2)14-13(11(4)18)10(3)16-15(17-14)19-5/h6-9,14H,1H2,2-5H3,(H,16,17)/b9-8-,12-7+. The first-order chi connectivity index (χ1) is 9.04. The molecule has 0 radical (unpaired) electrons. The van der Waals surface area contributed by atoms with E-state index in [1.807, 2.05) is 32.1 Å². The van der Waals surface area contributed by atoms with Crippen molar-refractivity contribution in [2.45, 2.75) is 26.8 Å². The number of nitrogens with zero attached hydrogens (tertiary/aromatic N) is 1. The molecule has 0 fully saturated rings. The van der Waals surface area contributed by atoms with Crippen molar-refractivity contribution in [1.82, 2.24) is 5.32 Å². The molecule has 1 N–H and O–H groups in total. The highest BCUT2D eigenvalue weighted by molar-refractivity contribution is 5.98. The fourth-order valence-electron chi connectivity index (χ4n) is 1.97. The molecule has 0 aromatic carbocycles. The van der Waals surface area contributed by atoms with Gasteiger partial charge in [0.1, 0.15) is 6.04 Å². The van der Waals surface area contributed by atoms with Crippen LogP contribution in [0.3, 0.4) is 0 Å². The Morgan fingerprint density at radius 2 is 2.21 bits per heavy atom. The van der Waals surface area contributed by atoms with Crippen molar-refractivity contribution in [3.05, 3.63) is 47.7 Å². The predicted octanol–water partition coefficient (Wildman–Crippen LogP) is 2.51. The van der Waals surface area contributed by atoms with Crippen molar-refractivity contribution in [2.24, 2.45) is 4.99 Å². The lowest BCUT2D eigenvalue weighted by molar-refractivity contribution is -0.113. The van der Waals surface area contributed by atoms with Crippen LogP contribution in [-0.2, 0) is 9.53 Å². The number of hydrogen-bond acceptors (Lipinski definition) is 4. The fraction of sp³-hybridized carbons (Fsp3) is 0.333. The fourth-order valence-corrected chi connectivity index (χ4v) is 1.97. The highest BCUT2D eigenvalue weighted by atomic mass is 16.5. The van der Waals surface area contributed by atoms with Gasteiger partial charge in [-0.3, -0.25) is 4.79 Å². The van der Waals surface area contributed by atoms with Gasteiger partial charge in [-0.25, -0.2) is 4.99 Å². The van der Waals surface area contributed by atoms with Gasteiger partial charge in [0.15, 0.2) is 5.78 Å². The summed E-state index contributed by atoms with van der Waals surface area (Å²) in [6, 6.07) is 0.0775. The van der Waals surface area contributed by atoms with Gasteiger partial charge in [-0.05, 0) is 26.3 Å². The van der Waals surface area contributed by atoms with E-state index in [1.165, 1.54) is 0 Å². The third kappa shape index (κ3) is 3.44. The summed E-state index contributed by atoms with van der Waals surface area (Å²) in [7, 11) is 1.55. The van der Waals surface area contributed by atoms with Gasteiger partial charge in [-0.15, -0.1) is 0 Å². The minimum atomic E-state index is -0.338. The zero-order valence-electron chi connectivity index (χ0n) is 11.9. The van der Waals surface area contributed by atoms with Crippen LogP contribution in [0.4, 0.5) is 0 Å². The van der Waals surface area contributed by atoms with Crippen LogP contribution in [0.25, 0.3) is 0 Å². The number of ether oxygens (including phenoxy) is 1. The number of carbonyl (C=O) groups is 1. The summed E-state index contributed by atoms with van der Waals surface area (Å²) < 4.78 is 5.14. The van der Waals surface area contributed by atoms with Crippen LogP contribution in [0.5, 0.6) is 0 Å². The summed E-state index contributed by atoms with van der Waals surface area (Å²) in [5, 5.41) is 2.98. The molecule has 4 heteroatoms. The average molecular weight is 260 g/mol. The molecule has 4 nitrogen and oxygen atoms in total. The smallest absolute Gasteiger partial charge is 0.289 e. The lowest BCUT2D eigenvalue weighted by Crippen LogP contribution is -2.35. The molecule has 1 aliphatic heterocycles. The van der Waals surface area contributed by atoms with Gasteiger partial charge >= 0.3 is 0 Å². The van der Waals surface area contributed by atoms with E-state index in [0.29, 0.717) is 11.6 Å². The molecule has 0 saturated carbocycles. The van der Waals surface area contributed by atoms with E-state index in [-0.39, 0.29) is 11.8 Å². The number of carbonyl (C=O) groups excluding carboxylic acids is 1. The summed E-state index contributed by atoms with van der Waals surface area (Å²) in [5.41, 5.74) is 2.36. The van der Waals surface area contributed by atoms with Crippen molar-refractivity contribution in [3.8, 4) is 0 Å². The summed E-state index contributed by atoms with van der Waals surface area (Å²) >= 11 is 0. The monoisotopic (exact) mass is 260 g/mol. The highest BCUT2D eigenvalue weighted by Gasteiger charge is 2.27. The van der Waals surface area contributed by atoms with Crippen LogP contribution >= 0.6 is 0 Å². The number of Topliss-reactive ketones (excluding diaryl/α,β-unsaturated/α-hetero) is 1. The number of rotatable bonds is 4. The Morgan fingerprint density at radius 3 is 2.68 bits per heavy atom. The summed E-state index contributed by atoms with van der Waals surface area (Å²) in [6.45, 7) is 8.96.